The van der Waals surface area contributed by atoms with Crippen molar-refractivity contribution in [3.05, 3.63) is 108 Å². The van der Waals surface area contributed by atoms with Crippen LogP contribution in [0.25, 0.3) is 21.5 Å². The smallest absolute Gasteiger partial charge is 0.210 e. The van der Waals surface area contributed by atoms with E-state index in [2.05, 4.69) is 142 Å². The van der Waals surface area contributed by atoms with E-state index in [0.717, 1.165) is 52.0 Å². The summed E-state index contributed by atoms with van der Waals surface area (Å²) in [6.45, 7) is 18.7. The lowest BCUT2D eigenvalue weighted by molar-refractivity contribution is -0.442. The first kappa shape index (κ1) is 33.2. The number of hydrogen-bond donors (Lipinski definition) is 0. The van der Waals surface area contributed by atoms with Crippen LogP contribution in [0.3, 0.4) is 0 Å². The van der Waals surface area contributed by atoms with E-state index < -0.39 is 0 Å². The molecule has 0 unspecified atom stereocenters. The topological polar surface area (TPSA) is 24.7 Å². The summed E-state index contributed by atoms with van der Waals surface area (Å²) in [7, 11) is 0. The minimum Gasteiger partial charge on any atom is -0.380 e. The highest BCUT2D eigenvalue weighted by Gasteiger charge is 2.46. The molecule has 0 fully saturated rings. The summed E-state index contributed by atoms with van der Waals surface area (Å²) >= 11 is 0. The zero-order valence-corrected chi connectivity index (χ0v) is 29.4. The fourth-order valence-corrected chi connectivity index (χ4v) is 7.79. The van der Waals surface area contributed by atoms with Crippen LogP contribution < -0.4 is 4.90 Å². The summed E-state index contributed by atoms with van der Waals surface area (Å²) in [4.78, 5) is 2.50. The molecular formula is C43H53N2O2+. The Balaban J connectivity index is 1.39. The summed E-state index contributed by atoms with van der Waals surface area (Å²) < 4.78 is 14.7. The minimum absolute atomic E-state index is 0.161. The van der Waals surface area contributed by atoms with Crippen LogP contribution in [0.5, 0.6) is 0 Å². The van der Waals surface area contributed by atoms with E-state index >= 15 is 0 Å². The fourth-order valence-electron chi connectivity index (χ4n) is 7.79. The van der Waals surface area contributed by atoms with E-state index in [4.69, 9.17) is 9.47 Å². The molecule has 0 aromatic heterocycles. The molecule has 4 aromatic rings. The van der Waals surface area contributed by atoms with E-state index in [1.165, 1.54) is 55.5 Å². The normalized spacial score (nSPS) is 17.5. The second kappa shape index (κ2) is 14.2. The molecule has 4 aromatic carbocycles. The van der Waals surface area contributed by atoms with Crippen LogP contribution >= 0.6 is 0 Å². The van der Waals surface area contributed by atoms with Crippen LogP contribution in [0.2, 0.25) is 0 Å². The van der Waals surface area contributed by atoms with Crippen molar-refractivity contribution in [1.82, 2.24) is 0 Å². The molecule has 4 nitrogen and oxygen atoms in total. The van der Waals surface area contributed by atoms with Gasteiger partial charge in [-0.1, -0.05) is 101 Å². The van der Waals surface area contributed by atoms with Gasteiger partial charge in [0.2, 0.25) is 5.69 Å². The van der Waals surface area contributed by atoms with E-state index in [-0.39, 0.29) is 10.8 Å². The van der Waals surface area contributed by atoms with Gasteiger partial charge < -0.3 is 14.4 Å². The van der Waals surface area contributed by atoms with E-state index in [9.17, 15) is 0 Å². The third-order valence-electron chi connectivity index (χ3n) is 10.2. The number of benzene rings is 4. The molecule has 0 bridgehead atoms. The Morgan fingerprint density at radius 1 is 0.681 bits per heavy atom. The SMILES string of the molecule is CCCCOCCN1/C(=C/C=C/C2=[N+](CCOCCCC)c3ccc4ccccc4c3C2(C)C)C(C)(C)c2c1ccc1ccccc21. The maximum Gasteiger partial charge on any atom is 0.210 e. The van der Waals surface area contributed by atoms with Crippen molar-refractivity contribution in [2.24, 2.45) is 0 Å². The maximum atomic E-state index is 6.11. The third kappa shape index (κ3) is 6.30. The van der Waals surface area contributed by atoms with Crippen molar-refractivity contribution >= 4 is 38.6 Å². The number of allylic oxidation sites excluding steroid dienone is 4. The van der Waals surface area contributed by atoms with Gasteiger partial charge >= 0.3 is 0 Å². The number of hydrogen-bond acceptors (Lipinski definition) is 3. The molecule has 0 saturated carbocycles. The van der Waals surface area contributed by atoms with Gasteiger partial charge in [-0.25, -0.2) is 0 Å². The van der Waals surface area contributed by atoms with Gasteiger partial charge in [0.15, 0.2) is 12.3 Å². The van der Waals surface area contributed by atoms with Gasteiger partial charge in [0.25, 0.3) is 0 Å². The zero-order valence-electron chi connectivity index (χ0n) is 29.4. The van der Waals surface area contributed by atoms with Gasteiger partial charge in [0.05, 0.1) is 12.0 Å². The van der Waals surface area contributed by atoms with Crippen LogP contribution in [0.15, 0.2) is 96.7 Å². The van der Waals surface area contributed by atoms with E-state index in [1.54, 1.807) is 0 Å². The summed E-state index contributed by atoms with van der Waals surface area (Å²) in [6, 6.07) is 26.8. The Kier molecular flexibility index (Phi) is 10.0. The number of anilines is 1. The molecule has 2 heterocycles. The standard InChI is InChI=1S/C43H53N2O2/c1-7-9-28-46-30-26-44-36-24-22-32-16-11-13-18-34(32)40(36)42(3,4)38(44)20-15-21-39-43(5,6)41-35-19-14-12-17-33(35)23-25-37(41)45(39)27-31-47-29-10-8-2/h11-25H,7-10,26-31H2,1-6H3/q+1. The lowest BCUT2D eigenvalue weighted by Gasteiger charge is -2.27. The molecule has 0 saturated heterocycles. The predicted molar refractivity (Wildman–Crippen MR) is 200 cm³/mol. The number of nitrogens with zero attached hydrogens (tertiary/aromatic N) is 2. The Hall–Kier alpha value is -3.73. The van der Waals surface area contributed by atoms with Gasteiger partial charge in [0, 0.05) is 54.3 Å². The number of unbranched alkanes of at least 4 members (excludes halogenated alkanes) is 2. The summed E-state index contributed by atoms with van der Waals surface area (Å²) in [5, 5.41) is 5.25. The molecule has 0 amide bonds. The lowest BCUT2D eigenvalue weighted by Crippen LogP contribution is -2.30. The first-order valence-corrected chi connectivity index (χ1v) is 17.8. The van der Waals surface area contributed by atoms with Crippen LogP contribution in [-0.4, -0.2) is 49.8 Å². The monoisotopic (exact) mass is 629 g/mol. The Morgan fingerprint density at radius 2 is 1.30 bits per heavy atom. The highest BCUT2D eigenvalue weighted by atomic mass is 16.5. The van der Waals surface area contributed by atoms with Crippen molar-refractivity contribution in [3.63, 3.8) is 0 Å². The average Bonchev–Trinajstić information content (AvgIpc) is 3.43. The molecule has 0 spiro atoms. The van der Waals surface area contributed by atoms with Crippen molar-refractivity contribution in [3.8, 4) is 0 Å². The highest BCUT2D eigenvalue weighted by molar-refractivity contribution is 6.07. The van der Waals surface area contributed by atoms with Crippen LogP contribution in [0.1, 0.15) is 78.4 Å². The van der Waals surface area contributed by atoms with Crippen molar-refractivity contribution in [2.45, 2.75) is 78.1 Å². The van der Waals surface area contributed by atoms with Crippen LogP contribution in [0, 0.1) is 0 Å². The second-order valence-corrected chi connectivity index (χ2v) is 14.1. The molecule has 2 aliphatic rings. The molecule has 0 atom stereocenters. The van der Waals surface area contributed by atoms with Crippen LogP contribution in [0.4, 0.5) is 11.4 Å². The Bertz CT molecular complexity index is 1830. The molecule has 246 valence electrons. The van der Waals surface area contributed by atoms with Crippen molar-refractivity contribution in [1.29, 1.82) is 0 Å². The first-order valence-electron chi connectivity index (χ1n) is 17.8. The Labute approximate surface area is 282 Å². The number of ether oxygens (including phenoxy) is 2. The molecular weight excluding hydrogens is 576 g/mol. The first-order chi connectivity index (χ1) is 22.8. The predicted octanol–water partition coefficient (Wildman–Crippen LogP) is 10.2. The summed E-state index contributed by atoms with van der Waals surface area (Å²) in [5.41, 5.74) is 7.71. The number of fused-ring (bicyclic) bond motifs is 6. The molecule has 2 aliphatic heterocycles. The molecule has 0 aliphatic carbocycles. The molecule has 0 N–H and O–H groups in total. The molecule has 4 heteroatoms. The zero-order chi connectivity index (χ0) is 33.0. The quantitative estimate of drug-likeness (QED) is 0.102. The lowest BCUT2D eigenvalue weighted by atomic mass is 9.79. The van der Waals surface area contributed by atoms with Crippen molar-refractivity contribution in [2.75, 3.05) is 44.4 Å². The average molecular weight is 630 g/mol. The molecule has 47 heavy (non-hydrogen) atoms. The largest absolute Gasteiger partial charge is 0.380 e. The van der Waals surface area contributed by atoms with Gasteiger partial charge in [-0.05, 0) is 72.0 Å². The highest BCUT2D eigenvalue weighted by Crippen LogP contribution is 2.51. The van der Waals surface area contributed by atoms with E-state index in [0.29, 0.717) is 13.2 Å². The Morgan fingerprint density at radius 3 is 1.98 bits per heavy atom. The van der Waals surface area contributed by atoms with Gasteiger partial charge in [0.1, 0.15) is 6.61 Å². The van der Waals surface area contributed by atoms with Gasteiger partial charge in [-0.2, -0.15) is 4.58 Å². The number of rotatable bonds is 14. The van der Waals surface area contributed by atoms with Gasteiger partial charge in [-0.3, -0.25) is 0 Å². The summed E-state index contributed by atoms with van der Waals surface area (Å²) in [5.74, 6) is 0. The van der Waals surface area contributed by atoms with Crippen LogP contribution in [-0.2, 0) is 20.3 Å². The third-order valence-corrected chi connectivity index (χ3v) is 10.2. The fraction of sp³-hybridized carbons (Fsp3) is 0.419. The molecule has 0 radical (unpaired) electrons. The van der Waals surface area contributed by atoms with E-state index in [1.807, 2.05) is 0 Å². The van der Waals surface area contributed by atoms with Crippen molar-refractivity contribution < 1.29 is 14.0 Å². The minimum atomic E-state index is -0.161. The van der Waals surface area contributed by atoms with Gasteiger partial charge in [-0.15, -0.1) is 0 Å². The molecule has 6 rings (SSSR count). The second-order valence-electron chi connectivity index (χ2n) is 14.1. The summed E-state index contributed by atoms with van der Waals surface area (Å²) in [6.07, 6.45) is 11.5. The maximum absolute atomic E-state index is 6.11.